The molecule has 2 aromatic carbocycles. The minimum atomic E-state index is -0.457. The highest BCUT2D eigenvalue weighted by Crippen LogP contribution is 2.22. The summed E-state index contributed by atoms with van der Waals surface area (Å²) in [5, 5.41) is 1.09. The molecule has 180 valence electrons. The molecule has 6 nitrogen and oxygen atoms in total. The van der Waals surface area contributed by atoms with Gasteiger partial charge < -0.3 is 14.4 Å². The molecule has 1 aliphatic heterocycles. The van der Waals surface area contributed by atoms with E-state index in [-0.39, 0.29) is 5.91 Å². The van der Waals surface area contributed by atoms with Gasteiger partial charge >= 0.3 is 0 Å². The number of aromatic nitrogens is 1. The van der Waals surface area contributed by atoms with Crippen molar-refractivity contribution in [1.82, 2.24) is 14.8 Å². The molecule has 0 bridgehead atoms. The first kappa shape index (κ1) is 24.2. The summed E-state index contributed by atoms with van der Waals surface area (Å²) in [4.78, 5) is 22.2. The minimum Gasteiger partial charge on any atom is -0.496 e. The van der Waals surface area contributed by atoms with Gasteiger partial charge in [-0.25, -0.2) is 0 Å². The van der Waals surface area contributed by atoms with Crippen LogP contribution in [0.15, 0.2) is 54.7 Å². The molecular weight excluding hydrogens is 426 g/mol. The molecule has 3 aromatic rings. The number of hydrogen-bond acceptors (Lipinski definition) is 5. The summed E-state index contributed by atoms with van der Waals surface area (Å²) < 4.78 is 11.5. The van der Waals surface area contributed by atoms with Crippen LogP contribution >= 0.6 is 0 Å². The fourth-order valence-electron chi connectivity index (χ4n) is 4.54. The zero-order valence-corrected chi connectivity index (χ0v) is 20.7. The molecule has 1 fully saturated rings. The van der Waals surface area contributed by atoms with Crippen LogP contribution in [0, 0.1) is 12.8 Å². The SMILES string of the molecule is COc1cc(CN2CCO[C@@H](C(=O)N(Cc3ccc4ncccc4c3)CC(C)C)C2)ccc1C. The molecule has 1 aliphatic rings. The predicted octanol–water partition coefficient (Wildman–Crippen LogP) is 4.44. The summed E-state index contributed by atoms with van der Waals surface area (Å²) >= 11 is 0. The van der Waals surface area contributed by atoms with Gasteiger partial charge in [0.2, 0.25) is 0 Å². The second-order valence-electron chi connectivity index (χ2n) is 9.54. The van der Waals surface area contributed by atoms with E-state index >= 15 is 0 Å². The zero-order valence-electron chi connectivity index (χ0n) is 20.7. The van der Waals surface area contributed by atoms with Crippen molar-refractivity contribution in [3.05, 3.63) is 71.4 Å². The second kappa shape index (κ2) is 11.0. The van der Waals surface area contributed by atoms with E-state index in [0.29, 0.717) is 32.2 Å². The van der Waals surface area contributed by atoms with Crippen molar-refractivity contribution in [3.8, 4) is 5.75 Å². The van der Waals surface area contributed by atoms with E-state index in [1.165, 1.54) is 5.56 Å². The number of benzene rings is 2. The molecule has 2 heterocycles. The van der Waals surface area contributed by atoms with Gasteiger partial charge in [-0.15, -0.1) is 0 Å². The third kappa shape index (κ3) is 5.93. The van der Waals surface area contributed by atoms with E-state index in [0.717, 1.165) is 40.9 Å². The number of aryl methyl sites for hydroxylation is 1. The maximum absolute atomic E-state index is 13.6. The van der Waals surface area contributed by atoms with Crippen LogP contribution in [0.5, 0.6) is 5.75 Å². The maximum atomic E-state index is 13.6. The van der Waals surface area contributed by atoms with Crippen molar-refractivity contribution < 1.29 is 14.3 Å². The lowest BCUT2D eigenvalue weighted by atomic mass is 10.1. The summed E-state index contributed by atoms with van der Waals surface area (Å²) in [6, 6.07) is 16.5. The number of pyridine rings is 1. The molecule has 4 rings (SSSR count). The highest BCUT2D eigenvalue weighted by Gasteiger charge is 2.30. The molecule has 0 aliphatic carbocycles. The lowest BCUT2D eigenvalue weighted by Crippen LogP contribution is -2.51. The average molecular weight is 462 g/mol. The standard InChI is InChI=1S/C28H35N3O3/c1-20(2)16-31(18-22-9-10-25-24(14-22)6-5-11-29-25)28(32)27-19-30(12-13-34-27)17-23-8-7-21(3)26(15-23)33-4/h5-11,14-15,20,27H,12-13,16-19H2,1-4H3/t27-/m1/s1. The van der Waals surface area contributed by atoms with Crippen molar-refractivity contribution in [2.45, 2.75) is 40.0 Å². The molecule has 6 heteroatoms. The van der Waals surface area contributed by atoms with Crippen molar-refractivity contribution in [2.24, 2.45) is 5.92 Å². The number of morpholine rings is 1. The van der Waals surface area contributed by atoms with Gasteiger partial charge in [-0.3, -0.25) is 14.7 Å². The summed E-state index contributed by atoms with van der Waals surface area (Å²) in [7, 11) is 1.70. The number of methoxy groups -OCH3 is 1. The first-order valence-corrected chi connectivity index (χ1v) is 12.0. The largest absolute Gasteiger partial charge is 0.496 e. The van der Waals surface area contributed by atoms with Crippen molar-refractivity contribution in [2.75, 3.05) is 33.4 Å². The maximum Gasteiger partial charge on any atom is 0.253 e. The van der Waals surface area contributed by atoms with Crippen LogP contribution in [-0.4, -0.2) is 60.1 Å². The third-order valence-corrected chi connectivity index (χ3v) is 6.24. The van der Waals surface area contributed by atoms with Crippen LogP contribution in [0.2, 0.25) is 0 Å². The number of amides is 1. The molecule has 0 saturated carbocycles. The molecule has 0 radical (unpaired) electrons. The van der Waals surface area contributed by atoms with Gasteiger partial charge in [0.1, 0.15) is 11.9 Å². The van der Waals surface area contributed by atoms with Crippen LogP contribution in [-0.2, 0) is 22.6 Å². The Hall–Kier alpha value is -2.96. The first-order valence-electron chi connectivity index (χ1n) is 12.0. The van der Waals surface area contributed by atoms with Gasteiger partial charge in [-0.05, 0) is 53.8 Å². The van der Waals surface area contributed by atoms with E-state index < -0.39 is 6.10 Å². The molecule has 1 atom stereocenters. The smallest absolute Gasteiger partial charge is 0.253 e. The molecule has 1 aromatic heterocycles. The number of carbonyl (C=O) groups excluding carboxylic acids is 1. The van der Waals surface area contributed by atoms with E-state index in [1.54, 1.807) is 13.3 Å². The molecule has 0 N–H and O–H groups in total. The lowest BCUT2D eigenvalue weighted by molar-refractivity contribution is -0.151. The Bertz CT molecular complexity index is 1130. The van der Waals surface area contributed by atoms with Crippen LogP contribution in [0.4, 0.5) is 0 Å². The minimum absolute atomic E-state index is 0.0613. The molecule has 0 spiro atoms. The molecule has 1 amide bonds. The highest BCUT2D eigenvalue weighted by molar-refractivity contribution is 5.82. The number of ether oxygens (including phenoxy) is 2. The number of hydrogen-bond donors (Lipinski definition) is 0. The average Bonchev–Trinajstić information content (AvgIpc) is 2.84. The Kier molecular flexibility index (Phi) is 7.80. The van der Waals surface area contributed by atoms with Crippen LogP contribution in [0.3, 0.4) is 0 Å². The van der Waals surface area contributed by atoms with Gasteiger partial charge in [0, 0.05) is 44.3 Å². The summed E-state index contributed by atoms with van der Waals surface area (Å²) in [6.45, 7) is 10.3. The Morgan fingerprint density at radius 1 is 1.21 bits per heavy atom. The fraction of sp³-hybridized carbons (Fsp3) is 0.429. The van der Waals surface area contributed by atoms with Gasteiger partial charge in [0.25, 0.3) is 5.91 Å². The summed E-state index contributed by atoms with van der Waals surface area (Å²) in [5.74, 6) is 1.32. The number of nitrogens with zero attached hydrogens (tertiary/aromatic N) is 3. The van der Waals surface area contributed by atoms with Gasteiger partial charge in [0.05, 0.1) is 19.2 Å². The molecule has 0 unspecified atom stereocenters. The lowest BCUT2D eigenvalue weighted by Gasteiger charge is -2.35. The van der Waals surface area contributed by atoms with Gasteiger partial charge in [-0.1, -0.05) is 38.1 Å². The Morgan fingerprint density at radius 3 is 2.82 bits per heavy atom. The number of rotatable bonds is 8. The van der Waals surface area contributed by atoms with Gasteiger partial charge in [0.15, 0.2) is 0 Å². The van der Waals surface area contributed by atoms with Crippen molar-refractivity contribution in [1.29, 1.82) is 0 Å². The van der Waals surface area contributed by atoms with E-state index in [2.05, 4.69) is 60.1 Å². The Morgan fingerprint density at radius 2 is 2.03 bits per heavy atom. The van der Waals surface area contributed by atoms with E-state index in [4.69, 9.17) is 9.47 Å². The van der Waals surface area contributed by atoms with Crippen molar-refractivity contribution >= 4 is 16.8 Å². The topological polar surface area (TPSA) is 54.9 Å². The number of fused-ring (bicyclic) bond motifs is 1. The normalized spacial score (nSPS) is 16.7. The van der Waals surface area contributed by atoms with E-state index in [9.17, 15) is 4.79 Å². The monoisotopic (exact) mass is 461 g/mol. The quantitative estimate of drug-likeness (QED) is 0.497. The predicted molar refractivity (Wildman–Crippen MR) is 135 cm³/mol. The molecular formula is C28H35N3O3. The first-order chi connectivity index (χ1) is 16.4. The van der Waals surface area contributed by atoms with Crippen LogP contribution in [0.1, 0.15) is 30.5 Å². The Balaban J connectivity index is 1.46. The summed E-state index contributed by atoms with van der Waals surface area (Å²) in [6.07, 6.45) is 1.34. The van der Waals surface area contributed by atoms with Crippen LogP contribution in [0.25, 0.3) is 10.9 Å². The zero-order chi connectivity index (χ0) is 24.1. The molecule has 34 heavy (non-hydrogen) atoms. The summed E-state index contributed by atoms with van der Waals surface area (Å²) in [5.41, 5.74) is 4.37. The van der Waals surface area contributed by atoms with E-state index in [1.807, 2.05) is 24.0 Å². The molecule has 1 saturated heterocycles. The second-order valence-corrected chi connectivity index (χ2v) is 9.54. The third-order valence-electron chi connectivity index (χ3n) is 6.24. The van der Waals surface area contributed by atoms with Crippen molar-refractivity contribution in [3.63, 3.8) is 0 Å². The Labute approximate surface area is 202 Å². The van der Waals surface area contributed by atoms with Crippen LogP contribution < -0.4 is 4.74 Å². The van der Waals surface area contributed by atoms with Gasteiger partial charge in [-0.2, -0.15) is 0 Å². The fourth-order valence-corrected chi connectivity index (χ4v) is 4.54. The highest BCUT2D eigenvalue weighted by atomic mass is 16.5. The number of carbonyl (C=O) groups is 1.